The SMILES string of the molecule is O=c1ccccn1OCc1nccs1. The van der Waals surface area contributed by atoms with E-state index in [1.807, 2.05) is 5.38 Å². The molecule has 0 aliphatic carbocycles. The highest BCUT2D eigenvalue weighted by molar-refractivity contribution is 7.09. The van der Waals surface area contributed by atoms with E-state index in [4.69, 9.17) is 4.84 Å². The van der Waals surface area contributed by atoms with Crippen molar-refractivity contribution in [2.45, 2.75) is 6.61 Å². The van der Waals surface area contributed by atoms with Gasteiger partial charge in [0.05, 0.1) is 0 Å². The first-order chi connectivity index (χ1) is 6.86. The van der Waals surface area contributed by atoms with Gasteiger partial charge in [0.25, 0.3) is 5.56 Å². The Balaban J connectivity index is 2.06. The summed E-state index contributed by atoms with van der Waals surface area (Å²) in [7, 11) is 0. The quantitative estimate of drug-likeness (QED) is 0.753. The van der Waals surface area contributed by atoms with E-state index in [0.717, 1.165) is 5.01 Å². The molecule has 0 saturated carbocycles. The third-order valence-electron chi connectivity index (χ3n) is 1.60. The van der Waals surface area contributed by atoms with Crippen molar-refractivity contribution in [2.24, 2.45) is 0 Å². The molecular weight excluding hydrogens is 200 g/mol. The summed E-state index contributed by atoms with van der Waals surface area (Å²) in [6, 6.07) is 4.86. The van der Waals surface area contributed by atoms with Gasteiger partial charge in [0, 0.05) is 23.8 Å². The summed E-state index contributed by atoms with van der Waals surface area (Å²) in [5.41, 5.74) is -0.177. The van der Waals surface area contributed by atoms with Gasteiger partial charge in [-0.3, -0.25) is 4.79 Å². The Kier molecular flexibility index (Phi) is 2.60. The van der Waals surface area contributed by atoms with Gasteiger partial charge in [0.1, 0.15) is 5.01 Å². The number of hydrogen-bond donors (Lipinski definition) is 0. The van der Waals surface area contributed by atoms with Crippen molar-refractivity contribution in [3.05, 3.63) is 51.3 Å². The second-order valence-electron chi connectivity index (χ2n) is 2.56. The molecule has 0 fully saturated rings. The van der Waals surface area contributed by atoms with Crippen LogP contribution in [0.5, 0.6) is 0 Å². The van der Waals surface area contributed by atoms with Gasteiger partial charge < -0.3 is 4.84 Å². The normalized spacial score (nSPS) is 10.0. The first-order valence-corrected chi connectivity index (χ1v) is 4.93. The van der Waals surface area contributed by atoms with Crippen LogP contribution in [0, 0.1) is 0 Å². The minimum Gasteiger partial charge on any atom is -0.403 e. The maximum absolute atomic E-state index is 11.2. The molecule has 0 atom stereocenters. The number of rotatable bonds is 3. The summed E-state index contributed by atoms with van der Waals surface area (Å²) >= 11 is 1.50. The van der Waals surface area contributed by atoms with E-state index in [1.165, 1.54) is 22.1 Å². The van der Waals surface area contributed by atoms with Gasteiger partial charge >= 0.3 is 0 Å². The molecule has 72 valence electrons. The van der Waals surface area contributed by atoms with Gasteiger partial charge in [-0.05, 0) is 6.07 Å². The summed E-state index contributed by atoms with van der Waals surface area (Å²) in [6.45, 7) is 0.321. The molecule has 0 spiro atoms. The molecule has 2 heterocycles. The molecule has 0 aliphatic rings. The fraction of sp³-hybridized carbons (Fsp3) is 0.111. The van der Waals surface area contributed by atoms with Crippen LogP contribution in [0.25, 0.3) is 0 Å². The molecule has 2 aromatic rings. The average Bonchev–Trinajstić information content (AvgIpc) is 2.69. The van der Waals surface area contributed by atoms with Crippen molar-refractivity contribution in [2.75, 3.05) is 0 Å². The molecule has 0 N–H and O–H groups in total. The first kappa shape index (κ1) is 8.96. The van der Waals surface area contributed by atoms with Crippen LogP contribution in [0.1, 0.15) is 5.01 Å². The maximum atomic E-state index is 11.2. The van der Waals surface area contributed by atoms with E-state index in [9.17, 15) is 4.79 Å². The van der Waals surface area contributed by atoms with Crippen molar-refractivity contribution in [1.29, 1.82) is 0 Å². The van der Waals surface area contributed by atoms with Crippen LogP contribution in [0.4, 0.5) is 0 Å². The van der Waals surface area contributed by atoms with Gasteiger partial charge in [0.2, 0.25) is 0 Å². The highest BCUT2D eigenvalue weighted by Crippen LogP contribution is 2.03. The van der Waals surface area contributed by atoms with Crippen LogP contribution in [-0.4, -0.2) is 9.71 Å². The minimum absolute atomic E-state index is 0.177. The summed E-state index contributed by atoms with van der Waals surface area (Å²) in [5.74, 6) is 0. The zero-order valence-electron chi connectivity index (χ0n) is 7.29. The number of nitrogens with zero attached hydrogens (tertiary/aromatic N) is 2. The van der Waals surface area contributed by atoms with Crippen molar-refractivity contribution in [3.63, 3.8) is 0 Å². The van der Waals surface area contributed by atoms with E-state index in [2.05, 4.69) is 4.98 Å². The molecule has 4 nitrogen and oxygen atoms in total. The smallest absolute Gasteiger partial charge is 0.282 e. The maximum Gasteiger partial charge on any atom is 0.282 e. The summed E-state index contributed by atoms with van der Waals surface area (Å²) < 4.78 is 1.20. The van der Waals surface area contributed by atoms with Crippen molar-refractivity contribution >= 4 is 11.3 Å². The lowest BCUT2D eigenvalue weighted by Gasteiger charge is -2.04. The largest absolute Gasteiger partial charge is 0.403 e. The predicted molar refractivity (Wildman–Crippen MR) is 53.1 cm³/mol. The summed E-state index contributed by atoms with van der Waals surface area (Å²) in [4.78, 5) is 20.5. The molecule has 0 unspecified atom stereocenters. The van der Waals surface area contributed by atoms with Crippen molar-refractivity contribution < 1.29 is 4.84 Å². The Morgan fingerprint density at radius 1 is 1.50 bits per heavy atom. The molecule has 2 rings (SSSR count). The number of pyridine rings is 1. The van der Waals surface area contributed by atoms with Crippen LogP contribution in [0.3, 0.4) is 0 Å². The molecule has 0 saturated heterocycles. The fourth-order valence-electron chi connectivity index (χ4n) is 0.968. The molecule has 0 aromatic carbocycles. The highest BCUT2D eigenvalue weighted by atomic mass is 32.1. The molecule has 14 heavy (non-hydrogen) atoms. The van der Waals surface area contributed by atoms with Crippen LogP contribution >= 0.6 is 11.3 Å². The van der Waals surface area contributed by atoms with Gasteiger partial charge in [-0.1, -0.05) is 6.07 Å². The van der Waals surface area contributed by atoms with E-state index in [0.29, 0.717) is 6.61 Å². The lowest BCUT2D eigenvalue weighted by Crippen LogP contribution is -2.24. The lowest BCUT2D eigenvalue weighted by atomic mass is 10.5. The van der Waals surface area contributed by atoms with Crippen molar-refractivity contribution in [3.8, 4) is 0 Å². The van der Waals surface area contributed by atoms with Crippen LogP contribution < -0.4 is 10.4 Å². The van der Waals surface area contributed by atoms with E-state index < -0.39 is 0 Å². The Morgan fingerprint density at radius 2 is 2.43 bits per heavy atom. The highest BCUT2D eigenvalue weighted by Gasteiger charge is 1.97. The average molecular weight is 208 g/mol. The van der Waals surface area contributed by atoms with E-state index >= 15 is 0 Å². The van der Waals surface area contributed by atoms with Crippen LogP contribution in [-0.2, 0) is 6.61 Å². The number of aromatic nitrogens is 2. The molecule has 5 heteroatoms. The van der Waals surface area contributed by atoms with E-state index in [1.54, 1.807) is 24.5 Å². The monoisotopic (exact) mass is 208 g/mol. The predicted octanol–water partition coefficient (Wildman–Crippen LogP) is 0.934. The molecule has 0 radical (unpaired) electrons. The molecule has 2 aromatic heterocycles. The van der Waals surface area contributed by atoms with Gasteiger partial charge in [-0.25, -0.2) is 4.98 Å². The third kappa shape index (κ3) is 2.00. The zero-order chi connectivity index (χ0) is 9.80. The summed E-state index contributed by atoms with van der Waals surface area (Å²) in [5, 5.41) is 2.72. The second-order valence-corrected chi connectivity index (χ2v) is 3.54. The van der Waals surface area contributed by atoms with Crippen molar-refractivity contribution in [1.82, 2.24) is 9.71 Å². The Labute approximate surface area is 84.4 Å². The van der Waals surface area contributed by atoms with Gasteiger partial charge in [-0.15, -0.1) is 11.3 Å². The molecule has 0 aliphatic heterocycles. The van der Waals surface area contributed by atoms with E-state index in [-0.39, 0.29) is 5.56 Å². The molecular formula is C9H8N2O2S. The first-order valence-electron chi connectivity index (χ1n) is 4.05. The molecule has 0 amide bonds. The Bertz CT molecular complexity index is 450. The molecule has 0 bridgehead atoms. The van der Waals surface area contributed by atoms with Crippen LogP contribution in [0.15, 0.2) is 40.8 Å². The lowest BCUT2D eigenvalue weighted by molar-refractivity contribution is 0.0890. The second kappa shape index (κ2) is 4.06. The van der Waals surface area contributed by atoms with Crippen LogP contribution in [0.2, 0.25) is 0 Å². The fourth-order valence-corrected chi connectivity index (χ4v) is 1.49. The van der Waals surface area contributed by atoms with Gasteiger partial charge in [-0.2, -0.15) is 4.73 Å². The number of thiazole rings is 1. The third-order valence-corrected chi connectivity index (χ3v) is 2.35. The Hall–Kier alpha value is -1.62. The minimum atomic E-state index is -0.177. The van der Waals surface area contributed by atoms with Gasteiger partial charge in [0.15, 0.2) is 6.61 Å². The zero-order valence-corrected chi connectivity index (χ0v) is 8.11. The topological polar surface area (TPSA) is 44.1 Å². The summed E-state index contributed by atoms with van der Waals surface area (Å²) in [6.07, 6.45) is 3.28. The Morgan fingerprint density at radius 3 is 3.14 bits per heavy atom. The number of hydrogen-bond acceptors (Lipinski definition) is 4. The standard InChI is InChI=1S/C9H8N2O2S/c12-9-3-1-2-5-11(9)13-7-8-10-4-6-14-8/h1-6H,7H2.